The van der Waals surface area contributed by atoms with Gasteiger partial charge >= 0.3 is 6.03 Å². The van der Waals surface area contributed by atoms with Crippen molar-refractivity contribution < 1.29 is 18.4 Å². The van der Waals surface area contributed by atoms with E-state index in [2.05, 4.69) is 10.6 Å². The first kappa shape index (κ1) is 16.4. The second kappa shape index (κ2) is 7.35. The fourth-order valence-corrected chi connectivity index (χ4v) is 2.04. The topological polar surface area (TPSA) is 84.2 Å². The number of nitrogens with one attached hydrogen (secondary N) is 2. The van der Waals surface area contributed by atoms with Gasteiger partial charge in [-0.15, -0.1) is 0 Å². The third-order valence-corrected chi connectivity index (χ3v) is 3.10. The second-order valence-electron chi connectivity index (χ2n) is 4.86. The van der Waals surface area contributed by atoms with Gasteiger partial charge in [0.2, 0.25) is 5.91 Å². The number of rotatable bonds is 5. The summed E-state index contributed by atoms with van der Waals surface area (Å²) in [4.78, 5) is 23.3. The highest BCUT2D eigenvalue weighted by Crippen LogP contribution is 2.15. The van der Waals surface area contributed by atoms with E-state index in [-0.39, 0.29) is 12.1 Å². The van der Waals surface area contributed by atoms with Crippen LogP contribution in [0.15, 0.2) is 48.5 Å². The normalized spacial score (nSPS) is 11.6. The Labute approximate surface area is 131 Å². The molecule has 0 saturated carbocycles. The summed E-state index contributed by atoms with van der Waals surface area (Å²) in [5.74, 6) is -2.31. The maximum Gasteiger partial charge on any atom is 0.312 e. The largest absolute Gasteiger partial charge is 0.352 e. The molecule has 0 fully saturated rings. The molecule has 0 unspecified atom stereocenters. The molecule has 2 aromatic rings. The number of nitrogens with two attached hydrogens (primary N) is 1. The van der Waals surface area contributed by atoms with E-state index in [0.29, 0.717) is 6.07 Å². The van der Waals surface area contributed by atoms with Crippen LogP contribution in [0.2, 0.25) is 0 Å². The zero-order chi connectivity index (χ0) is 16.8. The molecule has 0 aromatic heterocycles. The summed E-state index contributed by atoms with van der Waals surface area (Å²) in [5.41, 5.74) is 5.69. The van der Waals surface area contributed by atoms with Gasteiger partial charge < -0.3 is 16.4 Å². The lowest BCUT2D eigenvalue weighted by molar-refractivity contribution is -0.117. The molecule has 2 aromatic carbocycles. The predicted molar refractivity (Wildman–Crippen MR) is 81.6 cm³/mol. The molecule has 0 bridgehead atoms. The number of urea groups is 1. The van der Waals surface area contributed by atoms with Gasteiger partial charge in [0.05, 0.1) is 5.69 Å². The second-order valence-corrected chi connectivity index (χ2v) is 4.86. The molecule has 0 saturated heterocycles. The number of halogens is 2. The first-order valence-corrected chi connectivity index (χ1v) is 6.81. The Kier molecular flexibility index (Phi) is 5.24. The highest BCUT2D eigenvalue weighted by molar-refractivity contribution is 5.97. The molecule has 0 aliphatic heterocycles. The van der Waals surface area contributed by atoms with Crippen LogP contribution in [0.25, 0.3) is 0 Å². The van der Waals surface area contributed by atoms with Crippen molar-refractivity contribution in [2.24, 2.45) is 5.73 Å². The van der Waals surface area contributed by atoms with E-state index < -0.39 is 29.6 Å². The van der Waals surface area contributed by atoms with Crippen LogP contribution in [0, 0.1) is 11.6 Å². The molecule has 0 aliphatic carbocycles. The van der Waals surface area contributed by atoms with Crippen LogP contribution < -0.4 is 16.4 Å². The van der Waals surface area contributed by atoms with Crippen molar-refractivity contribution in [1.29, 1.82) is 0 Å². The standard InChI is InChI=1S/C16H15F2N3O2/c17-11-6-7-13(12(18)9-11)20-15(22)14(21-16(19)23)8-10-4-2-1-3-5-10/h1-7,9,14H,8H2,(H,20,22)(H3,19,21,23)/t14-/m0/s1. The number of anilines is 1. The molecule has 23 heavy (non-hydrogen) atoms. The highest BCUT2D eigenvalue weighted by atomic mass is 19.1. The molecule has 7 heteroatoms. The Hall–Kier alpha value is -2.96. The van der Waals surface area contributed by atoms with Gasteiger partial charge in [0.25, 0.3) is 0 Å². The first-order chi connectivity index (χ1) is 11.0. The summed E-state index contributed by atoms with van der Waals surface area (Å²) < 4.78 is 26.5. The van der Waals surface area contributed by atoms with Gasteiger partial charge in [-0.25, -0.2) is 13.6 Å². The van der Waals surface area contributed by atoms with E-state index in [1.54, 1.807) is 24.3 Å². The number of benzene rings is 2. The Balaban J connectivity index is 2.14. The summed E-state index contributed by atoms with van der Waals surface area (Å²) >= 11 is 0. The minimum atomic E-state index is -0.987. The fraction of sp³-hybridized carbons (Fsp3) is 0.125. The van der Waals surface area contributed by atoms with Crippen molar-refractivity contribution in [3.05, 3.63) is 65.7 Å². The van der Waals surface area contributed by atoms with Crippen LogP contribution in [0.3, 0.4) is 0 Å². The van der Waals surface area contributed by atoms with Crippen molar-refractivity contribution in [2.45, 2.75) is 12.5 Å². The Morgan fingerprint density at radius 1 is 1.09 bits per heavy atom. The van der Waals surface area contributed by atoms with Crippen molar-refractivity contribution in [1.82, 2.24) is 5.32 Å². The Morgan fingerprint density at radius 2 is 1.78 bits per heavy atom. The van der Waals surface area contributed by atoms with Crippen LogP contribution in [0.4, 0.5) is 19.3 Å². The maximum atomic E-state index is 13.6. The molecule has 0 radical (unpaired) electrons. The van der Waals surface area contributed by atoms with E-state index in [1.165, 1.54) is 0 Å². The summed E-state index contributed by atoms with van der Waals surface area (Å²) in [5, 5.41) is 4.62. The van der Waals surface area contributed by atoms with Crippen molar-refractivity contribution in [3.8, 4) is 0 Å². The number of hydrogen-bond acceptors (Lipinski definition) is 2. The minimum Gasteiger partial charge on any atom is -0.352 e. The van der Waals surface area contributed by atoms with Gasteiger partial charge in [-0.3, -0.25) is 4.79 Å². The van der Waals surface area contributed by atoms with E-state index >= 15 is 0 Å². The molecular formula is C16H15F2N3O2. The van der Waals surface area contributed by atoms with Gasteiger partial charge in [0, 0.05) is 12.5 Å². The van der Waals surface area contributed by atoms with E-state index in [9.17, 15) is 18.4 Å². The van der Waals surface area contributed by atoms with Crippen LogP contribution in [0.5, 0.6) is 0 Å². The predicted octanol–water partition coefficient (Wildman–Crippen LogP) is 2.18. The number of hydrogen-bond donors (Lipinski definition) is 3. The van der Waals surface area contributed by atoms with Gasteiger partial charge in [0.15, 0.2) is 0 Å². The lowest BCUT2D eigenvalue weighted by Crippen LogP contribution is -2.47. The van der Waals surface area contributed by atoms with E-state index in [4.69, 9.17) is 5.73 Å². The number of carbonyl (C=O) groups is 2. The van der Waals surface area contributed by atoms with E-state index in [0.717, 1.165) is 17.7 Å². The van der Waals surface area contributed by atoms with Crippen LogP contribution in [-0.4, -0.2) is 18.0 Å². The van der Waals surface area contributed by atoms with Crippen molar-refractivity contribution in [2.75, 3.05) is 5.32 Å². The quantitative estimate of drug-likeness (QED) is 0.789. The molecule has 4 N–H and O–H groups in total. The molecular weight excluding hydrogens is 304 g/mol. The minimum absolute atomic E-state index is 0.179. The number of amides is 3. The molecule has 1 atom stereocenters. The lowest BCUT2D eigenvalue weighted by atomic mass is 10.1. The fourth-order valence-electron chi connectivity index (χ4n) is 2.04. The lowest BCUT2D eigenvalue weighted by Gasteiger charge is -2.17. The molecule has 3 amide bonds. The van der Waals surface area contributed by atoms with Crippen LogP contribution >= 0.6 is 0 Å². The van der Waals surface area contributed by atoms with Crippen molar-refractivity contribution in [3.63, 3.8) is 0 Å². The van der Waals surface area contributed by atoms with Crippen LogP contribution in [0.1, 0.15) is 5.56 Å². The summed E-state index contributed by atoms with van der Waals surface area (Å²) in [7, 11) is 0. The monoisotopic (exact) mass is 319 g/mol. The van der Waals surface area contributed by atoms with Gasteiger partial charge in [-0.1, -0.05) is 30.3 Å². The van der Waals surface area contributed by atoms with Gasteiger partial charge in [-0.2, -0.15) is 0 Å². The summed E-state index contributed by atoms with van der Waals surface area (Å²) in [6.45, 7) is 0. The molecule has 0 heterocycles. The third kappa shape index (κ3) is 4.77. The van der Waals surface area contributed by atoms with Crippen molar-refractivity contribution >= 4 is 17.6 Å². The summed E-state index contributed by atoms with van der Waals surface area (Å²) in [6.07, 6.45) is 0.179. The highest BCUT2D eigenvalue weighted by Gasteiger charge is 2.21. The van der Waals surface area contributed by atoms with Gasteiger partial charge in [0.1, 0.15) is 17.7 Å². The zero-order valence-corrected chi connectivity index (χ0v) is 12.1. The van der Waals surface area contributed by atoms with Crippen LogP contribution in [-0.2, 0) is 11.2 Å². The summed E-state index contributed by atoms with van der Waals surface area (Å²) in [6, 6.07) is 9.86. The smallest absolute Gasteiger partial charge is 0.312 e. The molecule has 2 rings (SSSR count). The van der Waals surface area contributed by atoms with Gasteiger partial charge in [-0.05, 0) is 17.7 Å². The number of primary amides is 1. The first-order valence-electron chi connectivity index (χ1n) is 6.81. The molecule has 5 nitrogen and oxygen atoms in total. The maximum absolute atomic E-state index is 13.6. The third-order valence-electron chi connectivity index (χ3n) is 3.10. The molecule has 120 valence electrons. The Bertz CT molecular complexity index is 708. The molecule has 0 spiro atoms. The van der Waals surface area contributed by atoms with E-state index in [1.807, 2.05) is 6.07 Å². The Morgan fingerprint density at radius 3 is 2.39 bits per heavy atom. The SMILES string of the molecule is NC(=O)N[C@@H](Cc1ccccc1)C(=O)Nc1ccc(F)cc1F. The molecule has 0 aliphatic rings. The number of carbonyl (C=O) groups excluding carboxylic acids is 2. The average Bonchev–Trinajstić information content (AvgIpc) is 2.50. The zero-order valence-electron chi connectivity index (χ0n) is 12.1. The average molecular weight is 319 g/mol.